The molecule has 3 nitrogen and oxygen atoms in total. The fraction of sp³-hybridized carbons (Fsp3) is 0.400. The predicted molar refractivity (Wildman–Crippen MR) is 92.5 cm³/mol. The second-order valence-electron chi connectivity index (χ2n) is 5.92. The molecule has 0 spiro atoms. The van der Waals surface area contributed by atoms with E-state index in [9.17, 15) is 14.7 Å². The van der Waals surface area contributed by atoms with Crippen molar-refractivity contribution in [3.63, 3.8) is 0 Å². The van der Waals surface area contributed by atoms with E-state index < -0.39 is 11.6 Å². The zero-order chi connectivity index (χ0) is 16.7. The summed E-state index contributed by atoms with van der Waals surface area (Å²) in [6.07, 6.45) is 11.6. The molecule has 0 unspecified atom stereocenters. The number of hydrogen-bond donors (Lipinski definition) is 1. The predicted octanol–water partition coefficient (Wildman–Crippen LogP) is 5.03. The lowest BCUT2D eigenvalue weighted by Gasteiger charge is -2.15. The monoisotopic (exact) mass is 312 g/mol. The van der Waals surface area contributed by atoms with Crippen LogP contribution in [0.2, 0.25) is 0 Å². The van der Waals surface area contributed by atoms with Gasteiger partial charge >= 0.3 is 0 Å². The van der Waals surface area contributed by atoms with Gasteiger partial charge < -0.3 is 5.11 Å². The second kappa shape index (κ2) is 8.47. The SMILES string of the molecule is CCCCCCCCC=CC1=C(O)c2ccccc2C(=O)C1=O. The molecule has 0 radical (unpaired) electrons. The maximum Gasteiger partial charge on any atom is 0.237 e. The molecule has 0 bridgehead atoms. The van der Waals surface area contributed by atoms with Crippen molar-refractivity contribution in [1.82, 2.24) is 0 Å². The summed E-state index contributed by atoms with van der Waals surface area (Å²) < 4.78 is 0. The summed E-state index contributed by atoms with van der Waals surface area (Å²) in [5, 5.41) is 10.3. The molecule has 1 N–H and O–H groups in total. The first-order chi connectivity index (χ1) is 11.2. The number of ketones is 2. The molecule has 3 heteroatoms. The minimum atomic E-state index is -0.625. The van der Waals surface area contributed by atoms with Crippen molar-refractivity contribution in [3.05, 3.63) is 53.1 Å². The summed E-state index contributed by atoms with van der Waals surface area (Å²) in [7, 11) is 0. The first-order valence-corrected chi connectivity index (χ1v) is 8.45. The normalized spacial score (nSPS) is 14.7. The van der Waals surface area contributed by atoms with Gasteiger partial charge in [-0.05, 0) is 12.8 Å². The van der Waals surface area contributed by atoms with Crippen molar-refractivity contribution in [2.75, 3.05) is 0 Å². The van der Waals surface area contributed by atoms with Crippen molar-refractivity contribution >= 4 is 17.3 Å². The molecule has 2 rings (SSSR count). The Bertz CT molecular complexity index is 638. The lowest BCUT2D eigenvalue weighted by atomic mass is 9.88. The molecule has 1 aliphatic rings. The molecule has 122 valence electrons. The van der Waals surface area contributed by atoms with E-state index in [0.29, 0.717) is 5.56 Å². The van der Waals surface area contributed by atoms with Crippen LogP contribution in [0.4, 0.5) is 0 Å². The lowest BCUT2D eigenvalue weighted by Crippen LogP contribution is -2.23. The van der Waals surface area contributed by atoms with Crippen LogP contribution in [0.15, 0.2) is 42.0 Å². The van der Waals surface area contributed by atoms with Crippen LogP contribution in [0.25, 0.3) is 5.76 Å². The van der Waals surface area contributed by atoms with Crippen molar-refractivity contribution < 1.29 is 14.7 Å². The van der Waals surface area contributed by atoms with Gasteiger partial charge in [-0.2, -0.15) is 0 Å². The van der Waals surface area contributed by atoms with Crippen LogP contribution in [0.5, 0.6) is 0 Å². The van der Waals surface area contributed by atoms with Crippen LogP contribution >= 0.6 is 0 Å². The molecule has 0 amide bonds. The minimum Gasteiger partial charge on any atom is -0.507 e. The molecule has 0 aromatic heterocycles. The Hall–Kier alpha value is -2.16. The number of hydrogen-bond acceptors (Lipinski definition) is 3. The highest BCUT2D eigenvalue weighted by atomic mass is 16.3. The number of allylic oxidation sites excluding steroid dienone is 3. The highest BCUT2D eigenvalue weighted by Crippen LogP contribution is 2.28. The average Bonchev–Trinajstić information content (AvgIpc) is 2.58. The quantitative estimate of drug-likeness (QED) is 0.541. The Morgan fingerprint density at radius 3 is 2.30 bits per heavy atom. The van der Waals surface area contributed by atoms with Crippen LogP contribution in [0, 0.1) is 0 Å². The summed E-state index contributed by atoms with van der Waals surface area (Å²) in [4.78, 5) is 24.2. The van der Waals surface area contributed by atoms with E-state index in [1.54, 1.807) is 30.3 Å². The molecule has 1 aromatic carbocycles. The van der Waals surface area contributed by atoms with E-state index in [1.165, 1.54) is 32.1 Å². The number of carbonyl (C=O) groups excluding carboxylic acids is 2. The van der Waals surface area contributed by atoms with Gasteiger partial charge in [0.2, 0.25) is 11.6 Å². The van der Waals surface area contributed by atoms with E-state index in [4.69, 9.17) is 0 Å². The zero-order valence-electron chi connectivity index (χ0n) is 13.7. The molecule has 0 saturated carbocycles. The number of aliphatic hydroxyl groups excluding tert-OH is 1. The first kappa shape index (κ1) is 17.2. The molecule has 0 heterocycles. The first-order valence-electron chi connectivity index (χ1n) is 8.45. The largest absolute Gasteiger partial charge is 0.507 e. The van der Waals surface area contributed by atoms with Crippen molar-refractivity contribution in [1.29, 1.82) is 0 Å². The van der Waals surface area contributed by atoms with Gasteiger partial charge in [0.05, 0.1) is 5.57 Å². The summed E-state index contributed by atoms with van der Waals surface area (Å²) >= 11 is 0. The molecule has 0 fully saturated rings. The van der Waals surface area contributed by atoms with Gasteiger partial charge in [0.15, 0.2) is 0 Å². The summed E-state index contributed by atoms with van der Waals surface area (Å²) in [5.74, 6) is -1.26. The Kier molecular flexibility index (Phi) is 6.33. The van der Waals surface area contributed by atoms with E-state index in [-0.39, 0.29) is 16.9 Å². The average molecular weight is 312 g/mol. The number of fused-ring (bicyclic) bond motifs is 1. The van der Waals surface area contributed by atoms with Gasteiger partial charge in [0, 0.05) is 11.1 Å². The third-order valence-electron chi connectivity index (χ3n) is 4.14. The van der Waals surface area contributed by atoms with Gasteiger partial charge in [0.1, 0.15) is 5.76 Å². The van der Waals surface area contributed by atoms with Crippen LogP contribution in [0.3, 0.4) is 0 Å². The number of benzene rings is 1. The van der Waals surface area contributed by atoms with Gasteiger partial charge in [-0.25, -0.2) is 0 Å². The van der Waals surface area contributed by atoms with Crippen molar-refractivity contribution in [2.45, 2.75) is 51.9 Å². The molecule has 0 atom stereocenters. The second-order valence-corrected chi connectivity index (χ2v) is 5.92. The third kappa shape index (κ3) is 4.19. The number of aliphatic hydroxyl groups is 1. The summed E-state index contributed by atoms with van der Waals surface area (Å²) in [6.45, 7) is 2.20. The van der Waals surface area contributed by atoms with E-state index >= 15 is 0 Å². The molecule has 0 saturated heterocycles. The molecular formula is C20H24O3. The fourth-order valence-electron chi connectivity index (χ4n) is 2.78. The van der Waals surface area contributed by atoms with Crippen LogP contribution in [-0.2, 0) is 4.79 Å². The molecular weight excluding hydrogens is 288 g/mol. The molecule has 0 aliphatic heterocycles. The maximum absolute atomic E-state index is 12.1. The van der Waals surface area contributed by atoms with Crippen LogP contribution in [-0.4, -0.2) is 16.7 Å². The third-order valence-corrected chi connectivity index (χ3v) is 4.14. The molecule has 23 heavy (non-hydrogen) atoms. The van der Waals surface area contributed by atoms with E-state index in [1.807, 2.05) is 6.08 Å². The molecule has 1 aliphatic carbocycles. The molecule has 1 aromatic rings. The van der Waals surface area contributed by atoms with Crippen molar-refractivity contribution in [2.24, 2.45) is 0 Å². The summed E-state index contributed by atoms with van der Waals surface area (Å²) in [5.41, 5.74) is 0.832. The maximum atomic E-state index is 12.1. The number of rotatable bonds is 8. The Morgan fingerprint density at radius 1 is 0.913 bits per heavy atom. The number of carbonyl (C=O) groups is 2. The Balaban J connectivity index is 1.98. The van der Waals surface area contributed by atoms with Gasteiger partial charge in [-0.1, -0.05) is 75.4 Å². The highest BCUT2D eigenvalue weighted by molar-refractivity contribution is 6.52. The van der Waals surface area contributed by atoms with E-state index in [0.717, 1.165) is 12.8 Å². The Labute approximate surface area is 137 Å². The lowest BCUT2D eigenvalue weighted by molar-refractivity contribution is -0.111. The standard InChI is InChI=1S/C20H24O3/c1-2-3-4-5-6-7-8-9-14-17-18(21)15-12-10-11-13-16(15)19(22)20(17)23/h9-14,21H,2-8H2,1H3. The van der Waals surface area contributed by atoms with E-state index in [2.05, 4.69) is 6.92 Å². The Morgan fingerprint density at radius 2 is 1.57 bits per heavy atom. The summed E-state index contributed by atoms with van der Waals surface area (Å²) in [6, 6.07) is 6.67. The van der Waals surface area contributed by atoms with Gasteiger partial charge in [-0.15, -0.1) is 0 Å². The smallest absolute Gasteiger partial charge is 0.237 e. The number of Topliss-reactive ketones (excluding diaryl/α,β-unsaturated/α-hetero) is 2. The van der Waals surface area contributed by atoms with Crippen molar-refractivity contribution in [3.8, 4) is 0 Å². The topological polar surface area (TPSA) is 54.4 Å². The van der Waals surface area contributed by atoms with Gasteiger partial charge in [0.25, 0.3) is 0 Å². The highest BCUT2D eigenvalue weighted by Gasteiger charge is 2.30. The van der Waals surface area contributed by atoms with Crippen LogP contribution in [0.1, 0.15) is 67.8 Å². The number of unbranched alkanes of at least 4 members (excludes halogenated alkanes) is 6. The minimum absolute atomic E-state index is 0.0932. The zero-order valence-corrected chi connectivity index (χ0v) is 13.7. The fourth-order valence-corrected chi connectivity index (χ4v) is 2.78. The van der Waals surface area contributed by atoms with Crippen LogP contribution < -0.4 is 0 Å². The van der Waals surface area contributed by atoms with Gasteiger partial charge in [-0.3, -0.25) is 9.59 Å².